The van der Waals surface area contributed by atoms with Gasteiger partial charge < -0.3 is 20.9 Å². The Morgan fingerprint density at radius 3 is 2.75 bits per heavy atom. The molecule has 1 aromatic rings. The van der Waals surface area contributed by atoms with Crippen LogP contribution in [0.25, 0.3) is 0 Å². The van der Waals surface area contributed by atoms with Crippen molar-refractivity contribution in [3.05, 3.63) is 24.3 Å². The number of nitrogens with one attached hydrogen (secondary N) is 1. The monoisotopic (exact) mass is 278 g/mol. The number of hydrogen-bond donors (Lipinski definition) is 3. The summed E-state index contributed by atoms with van der Waals surface area (Å²) in [7, 11) is 0. The molecule has 1 aliphatic carbocycles. The van der Waals surface area contributed by atoms with Crippen LogP contribution in [0.1, 0.15) is 19.3 Å². The van der Waals surface area contributed by atoms with E-state index in [1.165, 1.54) is 0 Å². The summed E-state index contributed by atoms with van der Waals surface area (Å²) in [5, 5.41) is 11.4. The van der Waals surface area contributed by atoms with E-state index in [4.69, 9.17) is 15.6 Å². The molecule has 0 heterocycles. The maximum atomic E-state index is 12.2. The molecule has 1 fully saturated rings. The van der Waals surface area contributed by atoms with Gasteiger partial charge in [-0.3, -0.25) is 4.79 Å². The summed E-state index contributed by atoms with van der Waals surface area (Å²) in [6, 6.07) is 6.65. The summed E-state index contributed by atoms with van der Waals surface area (Å²) in [4.78, 5) is 22.7. The predicted molar refractivity (Wildman–Crippen MR) is 73.5 cm³/mol. The lowest BCUT2D eigenvalue weighted by Gasteiger charge is -2.17. The van der Waals surface area contributed by atoms with Gasteiger partial charge in [0.1, 0.15) is 5.75 Å². The second-order valence-electron chi connectivity index (χ2n) is 4.87. The number of carboxylic acid groups (broad SMARTS) is 1. The van der Waals surface area contributed by atoms with E-state index in [0.29, 0.717) is 11.4 Å². The molecule has 4 N–H and O–H groups in total. The number of nitrogens with two attached hydrogens (primary N) is 1. The molecule has 0 saturated heterocycles. The van der Waals surface area contributed by atoms with E-state index < -0.39 is 12.6 Å². The molecule has 1 aromatic carbocycles. The van der Waals surface area contributed by atoms with Crippen LogP contribution in [0, 0.1) is 5.92 Å². The molecule has 0 aliphatic heterocycles. The van der Waals surface area contributed by atoms with Gasteiger partial charge in [-0.2, -0.15) is 0 Å². The fourth-order valence-corrected chi connectivity index (χ4v) is 2.37. The van der Waals surface area contributed by atoms with E-state index in [1.54, 1.807) is 24.3 Å². The SMILES string of the molecule is NC1CCCC1C(=O)Nc1ccccc1OCC(=O)O. The normalized spacial score (nSPS) is 21.4. The van der Waals surface area contributed by atoms with Crippen LogP contribution in [0.2, 0.25) is 0 Å². The van der Waals surface area contributed by atoms with Crippen LogP contribution < -0.4 is 15.8 Å². The number of carbonyl (C=O) groups is 2. The Kier molecular flexibility index (Phi) is 4.57. The summed E-state index contributed by atoms with van der Waals surface area (Å²) >= 11 is 0. The topological polar surface area (TPSA) is 102 Å². The lowest BCUT2D eigenvalue weighted by molar-refractivity contribution is -0.139. The molecule has 6 heteroatoms. The minimum Gasteiger partial charge on any atom is -0.480 e. The number of para-hydroxylation sites is 2. The van der Waals surface area contributed by atoms with Gasteiger partial charge in [0.05, 0.1) is 11.6 Å². The second-order valence-corrected chi connectivity index (χ2v) is 4.87. The lowest BCUT2D eigenvalue weighted by Crippen LogP contribution is -2.34. The van der Waals surface area contributed by atoms with Gasteiger partial charge in [-0.05, 0) is 25.0 Å². The predicted octanol–water partition coefficient (Wildman–Crippen LogP) is 1.22. The Balaban J connectivity index is 2.04. The number of aliphatic carboxylic acids is 1. The molecular weight excluding hydrogens is 260 g/mol. The standard InChI is InChI=1S/C14H18N2O4/c15-10-5-3-4-9(10)14(19)16-11-6-1-2-7-12(11)20-8-13(17)18/h1-2,6-7,9-10H,3-5,8,15H2,(H,16,19)(H,17,18). The Morgan fingerprint density at radius 2 is 2.10 bits per heavy atom. The third kappa shape index (κ3) is 3.48. The average molecular weight is 278 g/mol. The lowest BCUT2D eigenvalue weighted by atomic mass is 10.0. The molecule has 1 amide bonds. The van der Waals surface area contributed by atoms with Gasteiger partial charge in [0.25, 0.3) is 0 Å². The van der Waals surface area contributed by atoms with E-state index in [-0.39, 0.29) is 17.9 Å². The number of amides is 1. The first-order chi connectivity index (χ1) is 9.58. The van der Waals surface area contributed by atoms with E-state index in [0.717, 1.165) is 19.3 Å². The molecule has 0 aromatic heterocycles. The quantitative estimate of drug-likeness (QED) is 0.751. The fraction of sp³-hybridized carbons (Fsp3) is 0.429. The molecular formula is C14H18N2O4. The summed E-state index contributed by atoms with van der Waals surface area (Å²) in [5.74, 6) is -1.05. The Labute approximate surface area is 116 Å². The summed E-state index contributed by atoms with van der Waals surface area (Å²) < 4.78 is 5.14. The van der Waals surface area contributed by atoms with Gasteiger partial charge in [0.2, 0.25) is 5.91 Å². The van der Waals surface area contributed by atoms with Crippen molar-refractivity contribution in [2.75, 3.05) is 11.9 Å². The summed E-state index contributed by atoms with van der Waals surface area (Å²) in [6.45, 7) is -0.449. The second kappa shape index (κ2) is 6.38. The molecule has 108 valence electrons. The number of hydrogen-bond acceptors (Lipinski definition) is 4. The van der Waals surface area contributed by atoms with Gasteiger partial charge in [-0.25, -0.2) is 4.79 Å². The molecule has 0 bridgehead atoms. The minimum atomic E-state index is -1.07. The molecule has 2 rings (SSSR count). The maximum Gasteiger partial charge on any atom is 0.341 e. The van der Waals surface area contributed by atoms with Gasteiger partial charge in [0, 0.05) is 6.04 Å². The molecule has 1 saturated carbocycles. The van der Waals surface area contributed by atoms with Gasteiger partial charge in [0.15, 0.2) is 6.61 Å². The third-order valence-electron chi connectivity index (χ3n) is 3.40. The largest absolute Gasteiger partial charge is 0.480 e. The smallest absolute Gasteiger partial charge is 0.341 e. The molecule has 1 aliphatic rings. The Bertz CT molecular complexity index is 504. The summed E-state index contributed by atoms with van der Waals surface area (Å²) in [6.07, 6.45) is 2.59. The number of ether oxygens (including phenoxy) is 1. The van der Waals surface area contributed by atoms with Gasteiger partial charge >= 0.3 is 5.97 Å². The van der Waals surface area contributed by atoms with E-state index in [1.807, 2.05) is 0 Å². The zero-order valence-corrected chi connectivity index (χ0v) is 11.0. The van der Waals surface area contributed by atoms with Crippen molar-refractivity contribution in [3.63, 3.8) is 0 Å². The van der Waals surface area contributed by atoms with Gasteiger partial charge in [-0.1, -0.05) is 18.6 Å². The van der Waals surface area contributed by atoms with Crippen molar-refractivity contribution in [1.29, 1.82) is 0 Å². The van der Waals surface area contributed by atoms with Crippen LogP contribution in [-0.2, 0) is 9.59 Å². The molecule has 0 spiro atoms. The van der Waals surface area contributed by atoms with E-state index in [9.17, 15) is 9.59 Å². The highest BCUT2D eigenvalue weighted by Crippen LogP contribution is 2.28. The highest BCUT2D eigenvalue weighted by Gasteiger charge is 2.30. The van der Waals surface area contributed by atoms with E-state index >= 15 is 0 Å². The Hall–Kier alpha value is -2.08. The fourth-order valence-electron chi connectivity index (χ4n) is 2.37. The first-order valence-electron chi connectivity index (χ1n) is 6.58. The maximum absolute atomic E-state index is 12.2. The van der Waals surface area contributed by atoms with Crippen molar-refractivity contribution in [1.82, 2.24) is 0 Å². The Morgan fingerprint density at radius 1 is 1.35 bits per heavy atom. The van der Waals surface area contributed by atoms with Crippen LogP contribution in [0.4, 0.5) is 5.69 Å². The first kappa shape index (κ1) is 14.3. The average Bonchev–Trinajstić information content (AvgIpc) is 2.84. The van der Waals surface area contributed by atoms with Crippen LogP contribution >= 0.6 is 0 Å². The molecule has 6 nitrogen and oxygen atoms in total. The third-order valence-corrected chi connectivity index (χ3v) is 3.40. The molecule has 2 unspecified atom stereocenters. The van der Waals surface area contributed by atoms with Gasteiger partial charge in [-0.15, -0.1) is 0 Å². The molecule has 20 heavy (non-hydrogen) atoms. The van der Waals surface area contributed by atoms with Crippen molar-refractivity contribution in [2.45, 2.75) is 25.3 Å². The van der Waals surface area contributed by atoms with Crippen LogP contribution in [0.3, 0.4) is 0 Å². The zero-order chi connectivity index (χ0) is 14.5. The van der Waals surface area contributed by atoms with Crippen LogP contribution in [0.15, 0.2) is 24.3 Å². The highest BCUT2D eigenvalue weighted by molar-refractivity contribution is 5.94. The van der Waals surface area contributed by atoms with E-state index in [2.05, 4.69) is 5.32 Å². The number of anilines is 1. The number of carbonyl (C=O) groups excluding carboxylic acids is 1. The zero-order valence-electron chi connectivity index (χ0n) is 11.0. The molecule has 0 radical (unpaired) electrons. The summed E-state index contributed by atoms with van der Waals surface area (Å²) in [5.41, 5.74) is 6.37. The molecule has 2 atom stereocenters. The van der Waals surface area contributed by atoms with Crippen LogP contribution in [0.5, 0.6) is 5.75 Å². The number of carboxylic acids is 1. The number of rotatable bonds is 5. The van der Waals surface area contributed by atoms with Crippen molar-refractivity contribution >= 4 is 17.6 Å². The van der Waals surface area contributed by atoms with Crippen LogP contribution in [-0.4, -0.2) is 29.6 Å². The first-order valence-corrected chi connectivity index (χ1v) is 6.58. The minimum absolute atomic E-state index is 0.109. The number of benzene rings is 1. The highest BCUT2D eigenvalue weighted by atomic mass is 16.5. The van der Waals surface area contributed by atoms with Crippen molar-refractivity contribution in [2.24, 2.45) is 11.7 Å². The van der Waals surface area contributed by atoms with Crippen molar-refractivity contribution in [3.8, 4) is 5.75 Å². The van der Waals surface area contributed by atoms with Crippen molar-refractivity contribution < 1.29 is 19.4 Å².